The molecule has 4 aliphatic rings. The Morgan fingerprint density at radius 3 is 2.43 bits per heavy atom. The van der Waals surface area contributed by atoms with Crippen LogP contribution < -0.4 is 16.4 Å². The van der Waals surface area contributed by atoms with Gasteiger partial charge < -0.3 is 41.5 Å². The van der Waals surface area contributed by atoms with Crippen molar-refractivity contribution in [2.75, 3.05) is 33.1 Å². The molecule has 46 heavy (non-hydrogen) atoms. The zero-order valence-corrected chi connectivity index (χ0v) is 26.6. The minimum absolute atomic E-state index is 0.00935. The molecule has 2 unspecified atom stereocenters. The summed E-state index contributed by atoms with van der Waals surface area (Å²) in [6.07, 6.45) is 1.45. The van der Waals surface area contributed by atoms with Crippen molar-refractivity contribution in [3.8, 4) is 17.6 Å². The minimum atomic E-state index is -2.44. The molecule has 1 amide bonds. The fourth-order valence-corrected chi connectivity index (χ4v) is 7.86. The number of primary amides is 1. The molecule has 0 aromatic heterocycles. The van der Waals surface area contributed by atoms with Gasteiger partial charge in [-0.25, -0.2) is 0 Å². The van der Waals surface area contributed by atoms with E-state index in [1.54, 1.807) is 25.1 Å². The molecule has 2 aromatic rings. The summed E-state index contributed by atoms with van der Waals surface area (Å²) in [5.74, 6) is -0.556. The lowest BCUT2D eigenvalue weighted by Gasteiger charge is -2.46. The Morgan fingerprint density at radius 2 is 1.83 bits per heavy atom. The molecule has 6 atom stereocenters. The number of aliphatic hydroxyl groups is 3. The number of benzene rings is 2. The molecule has 1 saturated heterocycles. The van der Waals surface area contributed by atoms with Crippen molar-refractivity contribution in [3.05, 3.63) is 75.6 Å². The van der Waals surface area contributed by atoms with Gasteiger partial charge in [-0.2, -0.15) is 0 Å². The highest BCUT2D eigenvalue weighted by Gasteiger charge is 2.86. The SMILES string of the molecule is CN(C)c1cc(C#CCC(C)(N)Cc2ccccc2)c(O)c2c1C[C@H]1C[C@H]3[C@H](N(C)C)C(O)=C(C(N)=O)C4(O)O[C@]34C(=O)C1=C2O. The molecule has 1 saturated carbocycles. The van der Waals surface area contributed by atoms with Gasteiger partial charge in [-0.05, 0) is 63.4 Å². The van der Waals surface area contributed by atoms with Crippen LogP contribution in [0.2, 0.25) is 0 Å². The number of hydrogen-bond acceptors (Lipinski definition) is 10. The summed E-state index contributed by atoms with van der Waals surface area (Å²) in [6.45, 7) is 1.91. The van der Waals surface area contributed by atoms with E-state index in [2.05, 4.69) is 11.8 Å². The number of phenolic OH excluding ortho intramolecular Hbond substituents is 1. The number of Topliss-reactive ketones (excluding diaryl/α,β-unsaturated/α-hetero) is 1. The Morgan fingerprint density at radius 1 is 1.15 bits per heavy atom. The molecule has 8 N–H and O–H groups in total. The van der Waals surface area contributed by atoms with E-state index in [0.29, 0.717) is 24.1 Å². The van der Waals surface area contributed by atoms with E-state index in [1.165, 1.54) is 0 Å². The number of likely N-dealkylation sites (N-methyl/N-ethyl adjacent to an activating group) is 1. The molecule has 11 heteroatoms. The molecule has 0 radical (unpaired) electrons. The minimum Gasteiger partial charge on any atom is -0.510 e. The van der Waals surface area contributed by atoms with Gasteiger partial charge in [-0.15, -0.1) is 0 Å². The van der Waals surface area contributed by atoms with Crippen LogP contribution >= 0.6 is 0 Å². The van der Waals surface area contributed by atoms with Crippen LogP contribution in [-0.2, 0) is 27.2 Å². The third-order valence-corrected chi connectivity index (χ3v) is 9.85. The summed E-state index contributed by atoms with van der Waals surface area (Å²) in [7, 11) is 7.05. The van der Waals surface area contributed by atoms with Crippen molar-refractivity contribution < 1.29 is 34.8 Å². The number of ether oxygens (including phenoxy) is 1. The number of nitrogens with two attached hydrogens (primary N) is 2. The molecular formula is C35H40N4O7. The zero-order chi connectivity index (χ0) is 33.5. The normalized spacial score (nSPS) is 29.1. The predicted molar refractivity (Wildman–Crippen MR) is 172 cm³/mol. The number of carbonyl (C=O) groups excluding carboxylic acids is 2. The van der Waals surface area contributed by atoms with Gasteiger partial charge >= 0.3 is 0 Å². The average Bonchev–Trinajstić information content (AvgIpc) is 3.59. The number of phenols is 1. The molecule has 6 rings (SSSR count). The van der Waals surface area contributed by atoms with Crippen LogP contribution in [0.25, 0.3) is 5.76 Å². The summed E-state index contributed by atoms with van der Waals surface area (Å²) >= 11 is 0. The second kappa shape index (κ2) is 10.6. The number of hydrogen-bond donors (Lipinski definition) is 6. The molecule has 1 aliphatic heterocycles. The second-order valence-electron chi connectivity index (χ2n) is 13.7. The molecule has 2 fully saturated rings. The van der Waals surface area contributed by atoms with Gasteiger partial charge in [0.05, 0.1) is 17.2 Å². The number of carbonyl (C=O) groups is 2. The van der Waals surface area contributed by atoms with Gasteiger partial charge in [0.2, 0.25) is 11.6 Å². The van der Waals surface area contributed by atoms with E-state index in [1.807, 2.05) is 56.3 Å². The van der Waals surface area contributed by atoms with Crippen LogP contribution in [0.3, 0.4) is 0 Å². The Bertz CT molecular complexity index is 1780. The van der Waals surface area contributed by atoms with E-state index in [4.69, 9.17) is 16.2 Å². The predicted octanol–water partition coefficient (Wildman–Crippen LogP) is 1.89. The van der Waals surface area contributed by atoms with Gasteiger partial charge in [0, 0.05) is 43.2 Å². The maximum Gasteiger partial charge on any atom is 0.253 e. The number of aliphatic hydroxyl groups excluding tert-OH is 2. The summed E-state index contributed by atoms with van der Waals surface area (Å²) in [5, 5.41) is 45.9. The molecule has 2 aromatic carbocycles. The summed E-state index contributed by atoms with van der Waals surface area (Å²) < 4.78 is 5.73. The largest absolute Gasteiger partial charge is 0.510 e. The van der Waals surface area contributed by atoms with Gasteiger partial charge in [0.25, 0.3) is 5.91 Å². The second-order valence-corrected chi connectivity index (χ2v) is 13.7. The van der Waals surface area contributed by atoms with Gasteiger partial charge in [0.1, 0.15) is 22.8 Å². The fourth-order valence-electron chi connectivity index (χ4n) is 7.86. The van der Waals surface area contributed by atoms with E-state index < -0.39 is 63.6 Å². The molecular weight excluding hydrogens is 588 g/mol. The first-order valence-corrected chi connectivity index (χ1v) is 15.2. The third kappa shape index (κ3) is 4.51. The van der Waals surface area contributed by atoms with Crippen LogP contribution in [0.15, 0.2) is 53.3 Å². The summed E-state index contributed by atoms with van der Waals surface area (Å²) in [5.41, 5.74) is 11.7. The third-order valence-electron chi connectivity index (χ3n) is 9.85. The number of rotatable bonds is 6. The number of epoxide rings is 1. The van der Waals surface area contributed by atoms with Crippen molar-refractivity contribution in [2.24, 2.45) is 23.3 Å². The number of nitrogens with zero attached hydrogens (tertiary/aromatic N) is 2. The molecule has 242 valence electrons. The Balaban J connectivity index is 1.42. The standard InChI is InChI=1S/C35H40N4O7/c1-33(37,17-18-10-7-6-8-11-18)13-9-12-19-16-23(38(2)3)21-14-20-15-22-27(39(4)5)30(42)26(32(36)44)35(45)34(22,46-35)31(43)24(20)29(41)25(21)28(19)40/h6-8,10-11,16,20,22,27,40-42,45H,13-15,17,37H2,1-5H3,(H2,36,44)/t20-,22-,27-,33?,34-,35?/m0/s1. The number of aromatic hydroxyl groups is 1. The average molecular weight is 629 g/mol. The Hall–Kier alpha value is -4.34. The fraction of sp³-hybridized carbons (Fsp3) is 0.429. The first-order chi connectivity index (χ1) is 21.6. The summed E-state index contributed by atoms with van der Waals surface area (Å²) in [4.78, 5) is 30.3. The lowest BCUT2D eigenvalue weighted by molar-refractivity contribution is -0.127. The molecule has 3 aliphatic carbocycles. The highest BCUT2D eigenvalue weighted by molar-refractivity contribution is 6.14. The van der Waals surface area contributed by atoms with Crippen LogP contribution in [0.5, 0.6) is 5.75 Å². The van der Waals surface area contributed by atoms with Crippen molar-refractivity contribution in [3.63, 3.8) is 0 Å². The molecule has 11 nitrogen and oxygen atoms in total. The number of fused-ring (bicyclic) bond motifs is 2. The first kappa shape index (κ1) is 31.6. The molecule has 1 heterocycles. The van der Waals surface area contributed by atoms with Crippen molar-refractivity contribution >= 4 is 23.1 Å². The lowest BCUT2D eigenvalue weighted by atomic mass is 9.58. The topological polar surface area (TPSA) is 186 Å². The maximum atomic E-state index is 14.4. The van der Waals surface area contributed by atoms with Gasteiger partial charge in [-0.1, -0.05) is 42.2 Å². The first-order valence-electron chi connectivity index (χ1n) is 15.2. The number of anilines is 1. The lowest BCUT2D eigenvalue weighted by Crippen LogP contribution is -2.60. The van der Waals surface area contributed by atoms with Crippen molar-refractivity contribution in [2.45, 2.75) is 55.6 Å². The van der Waals surface area contributed by atoms with Crippen LogP contribution in [0, 0.1) is 23.7 Å². The van der Waals surface area contributed by atoms with Crippen LogP contribution in [-0.4, -0.2) is 88.2 Å². The van der Waals surface area contributed by atoms with E-state index in [0.717, 1.165) is 5.56 Å². The highest BCUT2D eigenvalue weighted by atomic mass is 16.8. The number of amides is 1. The Kier molecular flexibility index (Phi) is 7.29. The monoisotopic (exact) mass is 628 g/mol. The van der Waals surface area contributed by atoms with Crippen LogP contribution in [0.4, 0.5) is 5.69 Å². The van der Waals surface area contributed by atoms with Gasteiger partial charge in [-0.3, -0.25) is 14.5 Å². The smallest absolute Gasteiger partial charge is 0.253 e. The zero-order valence-electron chi connectivity index (χ0n) is 26.6. The maximum absolute atomic E-state index is 14.4. The molecule has 0 bridgehead atoms. The Labute approximate surface area is 267 Å². The van der Waals surface area contributed by atoms with Gasteiger partial charge in [0.15, 0.2) is 5.60 Å². The molecule has 1 spiro atoms. The van der Waals surface area contributed by atoms with Crippen molar-refractivity contribution in [1.29, 1.82) is 0 Å². The van der Waals surface area contributed by atoms with Crippen molar-refractivity contribution in [1.82, 2.24) is 4.90 Å². The van der Waals surface area contributed by atoms with Crippen LogP contribution in [0.1, 0.15) is 42.0 Å². The quantitative estimate of drug-likeness (QED) is 0.204. The van der Waals surface area contributed by atoms with E-state index in [-0.39, 0.29) is 35.3 Å². The van der Waals surface area contributed by atoms with E-state index in [9.17, 15) is 30.0 Å². The number of ketones is 1. The van der Waals surface area contributed by atoms with E-state index >= 15 is 0 Å². The summed E-state index contributed by atoms with van der Waals surface area (Å²) in [6, 6.07) is 10.8. The highest BCUT2D eigenvalue weighted by Crippen LogP contribution is 2.67.